The summed E-state index contributed by atoms with van der Waals surface area (Å²) in [7, 11) is 0. The molecule has 6 rings (SSSR count). The minimum absolute atomic E-state index is 0.00532. The fourth-order valence-corrected chi connectivity index (χ4v) is 7.23. The number of para-hydroxylation sites is 1. The van der Waals surface area contributed by atoms with Gasteiger partial charge in [0.2, 0.25) is 5.56 Å². The number of nitrogens with zero attached hydrogens (tertiary/aromatic N) is 2. The first kappa shape index (κ1) is 22.4. The molecule has 3 aromatic rings. The van der Waals surface area contributed by atoms with E-state index in [0.29, 0.717) is 11.8 Å². The minimum atomic E-state index is -0.00532. The van der Waals surface area contributed by atoms with Crippen LogP contribution in [-0.2, 0) is 18.5 Å². The third kappa shape index (κ3) is 4.04. The SMILES string of the molecule is CC1=C[C@H]2Cc3[nH]c(=O)ccc3[C@@]3(C1)[C@@H]2CCCN3CCN(Cc1ccccc1)c1ccccc1. The summed E-state index contributed by atoms with van der Waals surface area (Å²) in [5.74, 6) is 1.14. The highest BCUT2D eigenvalue weighted by molar-refractivity contribution is 5.47. The number of likely N-dealkylation sites (tertiary alicyclic amines) is 1. The van der Waals surface area contributed by atoms with Crippen molar-refractivity contribution in [3.63, 3.8) is 0 Å². The normalized spacial score (nSPS) is 25.3. The number of nitrogens with one attached hydrogen (secondary N) is 1. The van der Waals surface area contributed by atoms with Gasteiger partial charge in [0.1, 0.15) is 0 Å². The van der Waals surface area contributed by atoms with E-state index in [9.17, 15) is 4.79 Å². The summed E-state index contributed by atoms with van der Waals surface area (Å²) in [6.07, 6.45) is 7.06. The maximum absolute atomic E-state index is 12.2. The lowest BCUT2D eigenvalue weighted by molar-refractivity contribution is -0.0433. The van der Waals surface area contributed by atoms with Gasteiger partial charge in [-0.1, -0.05) is 60.2 Å². The molecule has 2 aromatic carbocycles. The number of hydrogen-bond donors (Lipinski definition) is 1. The van der Waals surface area contributed by atoms with Gasteiger partial charge in [-0.25, -0.2) is 0 Å². The highest BCUT2D eigenvalue weighted by Crippen LogP contribution is 2.56. The molecule has 180 valence electrons. The molecule has 3 atom stereocenters. The second-order valence-corrected chi connectivity index (χ2v) is 10.7. The number of piperidine rings is 1. The second kappa shape index (κ2) is 9.16. The van der Waals surface area contributed by atoms with Gasteiger partial charge in [-0.05, 0) is 80.3 Å². The van der Waals surface area contributed by atoms with Crippen LogP contribution in [-0.4, -0.2) is 29.5 Å². The lowest BCUT2D eigenvalue weighted by atomic mass is 9.56. The summed E-state index contributed by atoms with van der Waals surface area (Å²) in [6, 6.07) is 25.5. The topological polar surface area (TPSA) is 39.3 Å². The van der Waals surface area contributed by atoms with Crippen LogP contribution in [0.25, 0.3) is 0 Å². The Kier molecular flexibility index (Phi) is 5.85. The predicted octanol–water partition coefficient (Wildman–Crippen LogP) is 5.51. The molecule has 2 aliphatic carbocycles. The van der Waals surface area contributed by atoms with Crippen molar-refractivity contribution in [3.05, 3.63) is 112 Å². The molecule has 2 heterocycles. The smallest absolute Gasteiger partial charge is 0.248 e. The molecule has 1 saturated heterocycles. The Morgan fingerprint density at radius 3 is 2.60 bits per heavy atom. The molecule has 1 N–H and O–H groups in total. The minimum Gasteiger partial charge on any atom is -0.366 e. The molecule has 1 aliphatic heterocycles. The van der Waals surface area contributed by atoms with Crippen LogP contribution in [0.1, 0.15) is 43.0 Å². The molecule has 1 fully saturated rings. The lowest BCUT2D eigenvalue weighted by Crippen LogP contribution is -2.61. The van der Waals surface area contributed by atoms with Crippen LogP contribution in [0.15, 0.2) is 89.2 Å². The summed E-state index contributed by atoms with van der Waals surface area (Å²) >= 11 is 0. The third-order valence-corrected chi connectivity index (χ3v) is 8.57. The molecular weight excluding hydrogens is 430 g/mol. The van der Waals surface area contributed by atoms with Crippen molar-refractivity contribution in [1.29, 1.82) is 0 Å². The average molecular weight is 466 g/mol. The molecule has 2 bridgehead atoms. The number of pyridine rings is 1. The summed E-state index contributed by atoms with van der Waals surface area (Å²) in [5.41, 5.74) is 6.67. The summed E-state index contributed by atoms with van der Waals surface area (Å²) in [5, 5.41) is 0. The molecule has 35 heavy (non-hydrogen) atoms. The molecule has 0 unspecified atom stereocenters. The van der Waals surface area contributed by atoms with Gasteiger partial charge < -0.3 is 9.88 Å². The number of aromatic amines is 1. The van der Waals surface area contributed by atoms with Gasteiger partial charge in [0.15, 0.2) is 0 Å². The maximum atomic E-state index is 12.2. The third-order valence-electron chi connectivity index (χ3n) is 8.57. The zero-order chi connectivity index (χ0) is 23.8. The molecule has 4 heteroatoms. The first-order valence-corrected chi connectivity index (χ1v) is 13.1. The molecule has 0 saturated carbocycles. The van der Waals surface area contributed by atoms with E-state index in [-0.39, 0.29) is 11.1 Å². The fourth-order valence-electron chi connectivity index (χ4n) is 7.23. The van der Waals surface area contributed by atoms with Crippen molar-refractivity contribution in [2.24, 2.45) is 11.8 Å². The Morgan fingerprint density at radius 2 is 1.80 bits per heavy atom. The van der Waals surface area contributed by atoms with Gasteiger partial charge >= 0.3 is 0 Å². The molecule has 0 spiro atoms. The largest absolute Gasteiger partial charge is 0.366 e. The Hall–Kier alpha value is -3.11. The zero-order valence-corrected chi connectivity index (χ0v) is 20.6. The molecule has 4 nitrogen and oxygen atoms in total. The van der Waals surface area contributed by atoms with Crippen LogP contribution in [0.2, 0.25) is 0 Å². The molecule has 0 radical (unpaired) electrons. The van der Waals surface area contributed by atoms with Gasteiger partial charge in [-0.2, -0.15) is 0 Å². The number of hydrogen-bond acceptors (Lipinski definition) is 3. The van der Waals surface area contributed by atoms with E-state index in [1.165, 1.54) is 40.9 Å². The Bertz CT molecular complexity index is 1270. The van der Waals surface area contributed by atoms with E-state index in [0.717, 1.165) is 39.0 Å². The number of aromatic nitrogens is 1. The van der Waals surface area contributed by atoms with Crippen LogP contribution in [0.3, 0.4) is 0 Å². The highest BCUT2D eigenvalue weighted by atomic mass is 16.1. The number of rotatable bonds is 6. The molecule has 1 aromatic heterocycles. The molecule has 0 amide bonds. The summed E-state index contributed by atoms with van der Waals surface area (Å²) in [6.45, 7) is 6.31. The Labute approximate surface area is 208 Å². The van der Waals surface area contributed by atoms with Crippen molar-refractivity contribution in [2.45, 2.75) is 44.7 Å². The van der Waals surface area contributed by atoms with E-state index in [1.54, 1.807) is 6.07 Å². The van der Waals surface area contributed by atoms with Crippen molar-refractivity contribution >= 4 is 5.69 Å². The van der Waals surface area contributed by atoms with Gasteiger partial charge in [0.05, 0.1) is 5.54 Å². The van der Waals surface area contributed by atoms with Crippen LogP contribution < -0.4 is 10.5 Å². The van der Waals surface area contributed by atoms with E-state index in [1.807, 2.05) is 0 Å². The number of benzene rings is 2. The quantitative estimate of drug-likeness (QED) is 0.488. The first-order chi connectivity index (χ1) is 17.1. The second-order valence-electron chi connectivity index (χ2n) is 10.7. The van der Waals surface area contributed by atoms with Crippen LogP contribution in [0, 0.1) is 11.8 Å². The molecular formula is C31H35N3O. The van der Waals surface area contributed by atoms with E-state index >= 15 is 0 Å². The zero-order valence-electron chi connectivity index (χ0n) is 20.6. The summed E-state index contributed by atoms with van der Waals surface area (Å²) in [4.78, 5) is 20.7. The van der Waals surface area contributed by atoms with Crippen LogP contribution in [0.4, 0.5) is 5.69 Å². The van der Waals surface area contributed by atoms with Crippen LogP contribution >= 0.6 is 0 Å². The number of allylic oxidation sites excluding steroid dienone is 1. The van der Waals surface area contributed by atoms with E-state index in [2.05, 4.69) is 94.5 Å². The van der Waals surface area contributed by atoms with Gasteiger partial charge in [0.25, 0.3) is 0 Å². The van der Waals surface area contributed by atoms with Gasteiger partial charge in [0, 0.05) is 37.1 Å². The van der Waals surface area contributed by atoms with Crippen LogP contribution in [0.5, 0.6) is 0 Å². The predicted molar refractivity (Wildman–Crippen MR) is 143 cm³/mol. The van der Waals surface area contributed by atoms with E-state index in [4.69, 9.17) is 0 Å². The monoisotopic (exact) mass is 465 g/mol. The summed E-state index contributed by atoms with van der Waals surface area (Å²) < 4.78 is 0. The van der Waals surface area contributed by atoms with Crippen molar-refractivity contribution < 1.29 is 0 Å². The van der Waals surface area contributed by atoms with Gasteiger partial charge in [-0.15, -0.1) is 0 Å². The first-order valence-electron chi connectivity index (χ1n) is 13.1. The number of fused-ring (bicyclic) bond motifs is 1. The average Bonchev–Trinajstić information content (AvgIpc) is 2.87. The number of anilines is 1. The Balaban J connectivity index is 1.34. The lowest BCUT2D eigenvalue weighted by Gasteiger charge is -2.59. The van der Waals surface area contributed by atoms with E-state index < -0.39 is 0 Å². The van der Waals surface area contributed by atoms with Crippen molar-refractivity contribution in [3.8, 4) is 0 Å². The number of H-pyrrole nitrogens is 1. The van der Waals surface area contributed by atoms with Crippen molar-refractivity contribution in [2.75, 3.05) is 24.5 Å². The Morgan fingerprint density at radius 1 is 1.03 bits per heavy atom. The fraction of sp³-hybridized carbons (Fsp3) is 0.387. The van der Waals surface area contributed by atoms with Crippen molar-refractivity contribution in [1.82, 2.24) is 9.88 Å². The highest BCUT2D eigenvalue weighted by Gasteiger charge is 2.55. The van der Waals surface area contributed by atoms with Gasteiger partial charge in [-0.3, -0.25) is 9.69 Å². The maximum Gasteiger partial charge on any atom is 0.248 e. The standard InChI is InChI=1S/C31H35N3O/c1-23-19-25-20-29-28(14-15-30(35)32-29)31(21-23)27(25)13-8-16-34(31)18-17-33(26-11-6-3-7-12-26)22-24-9-4-2-5-10-24/h2-7,9-12,14-15,19,25,27H,8,13,16-18,20-22H2,1H3,(H,32,35)/t25-,27+,31+/m0/s1. The molecule has 3 aliphatic rings.